The van der Waals surface area contributed by atoms with Gasteiger partial charge in [-0.3, -0.25) is 15.0 Å². The Hall–Kier alpha value is -1.49. The molecule has 0 radical (unpaired) electrons. The molecule has 2 rings (SSSR count). The van der Waals surface area contributed by atoms with Crippen molar-refractivity contribution in [3.8, 4) is 0 Å². The minimum Gasteiger partial charge on any atom is -0.299 e. The molecule has 1 heterocycles. The van der Waals surface area contributed by atoms with E-state index in [-0.39, 0.29) is 0 Å². The number of hydrogen-bond acceptors (Lipinski definition) is 3. The van der Waals surface area contributed by atoms with Crippen molar-refractivity contribution in [3.63, 3.8) is 0 Å². The number of nitro groups is 1. The molecule has 1 unspecified atom stereocenters. The number of benzene rings is 1. The van der Waals surface area contributed by atoms with Crippen LogP contribution in [0.3, 0.4) is 0 Å². The Morgan fingerprint density at radius 1 is 1.38 bits per heavy atom. The molecule has 1 saturated heterocycles. The van der Waals surface area contributed by atoms with E-state index in [0.29, 0.717) is 6.54 Å². The molecule has 1 fully saturated rings. The van der Waals surface area contributed by atoms with Gasteiger partial charge in [0, 0.05) is 12.6 Å². The van der Waals surface area contributed by atoms with Gasteiger partial charge in [0.2, 0.25) is 5.82 Å². The Kier molecular flexibility index (Phi) is 5.67. The van der Waals surface area contributed by atoms with Crippen molar-refractivity contribution in [2.45, 2.75) is 45.6 Å². The Morgan fingerprint density at radius 3 is 2.86 bits per heavy atom. The largest absolute Gasteiger partial charge is 0.304 e. The van der Waals surface area contributed by atoms with E-state index in [4.69, 9.17) is 0 Å². The highest BCUT2D eigenvalue weighted by Gasteiger charge is 2.18. The molecule has 21 heavy (non-hydrogen) atoms. The van der Waals surface area contributed by atoms with Gasteiger partial charge in [0.1, 0.15) is 0 Å². The van der Waals surface area contributed by atoms with Crippen molar-refractivity contribution in [1.29, 1.82) is 0 Å². The molecule has 1 aromatic carbocycles. The number of hydrogen-bond donors (Lipinski definition) is 0. The molecule has 0 aliphatic carbocycles. The van der Waals surface area contributed by atoms with Crippen molar-refractivity contribution >= 4 is 5.69 Å². The lowest BCUT2D eigenvalue weighted by molar-refractivity contribution is -0.387. The summed E-state index contributed by atoms with van der Waals surface area (Å²) in [5.74, 6) is 0.0739. The van der Waals surface area contributed by atoms with Gasteiger partial charge in [-0.25, -0.2) is 0 Å². The van der Waals surface area contributed by atoms with Gasteiger partial charge < -0.3 is 0 Å². The summed E-state index contributed by atoms with van der Waals surface area (Å²) in [5.41, 5.74) is 0.365. The van der Waals surface area contributed by atoms with Crippen molar-refractivity contribution < 1.29 is 9.31 Å². The molecule has 1 aliphatic heterocycles. The van der Waals surface area contributed by atoms with E-state index in [1.807, 2.05) is 0 Å². The van der Waals surface area contributed by atoms with E-state index in [2.05, 4.69) is 11.8 Å². The van der Waals surface area contributed by atoms with Gasteiger partial charge in [-0.2, -0.15) is 4.39 Å². The first-order valence-electron chi connectivity index (χ1n) is 7.75. The van der Waals surface area contributed by atoms with Crippen molar-refractivity contribution in [2.75, 3.05) is 13.1 Å². The van der Waals surface area contributed by atoms with Crippen LogP contribution in [-0.4, -0.2) is 22.9 Å². The van der Waals surface area contributed by atoms with Crippen LogP contribution in [0.15, 0.2) is 18.2 Å². The second-order valence-electron chi connectivity index (χ2n) is 5.90. The van der Waals surface area contributed by atoms with Gasteiger partial charge in [0.05, 0.1) is 4.92 Å². The summed E-state index contributed by atoms with van der Waals surface area (Å²) in [6.07, 6.45) is 6.18. The molecular weight excluding hydrogens is 271 g/mol. The normalized spacial score (nSPS) is 20.2. The molecule has 0 amide bonds. The molecule has 0 saturated carbocycles. The van der Waals surface area contributed by atoms with Crippen molar-refractivity contribution in [1.82, 2.24) is 4.90 Å². The Labute approximate surface area is 125 Å². The summed E-state index contributed by atoms with van der Waals surface area (Å²) < 4.78 is 13.6. The van der Waals surface area contributed by atoms with Gasteiger partial charge in [-0.15, -0.1) is 0 Å². The minimum absolute atomic E-state index is 0.447. The Bertz CT molecular complexity index is 493. The van der Waals surface area contributed by atoms with E-state index in [0.717, 1.165) is 24.6 Å². The third-order valence-electron chi connectivity index (χ3n) is 4.25. The average molecular weight is 294 g/mol. The molecule has 4 nitrogen and oxygen atoms in total. The van der Waals surface area contributed by atoms with Gasteiger partial charge in [-0.05, 0) is 49.9 Å². The molecule has 5 heteroatoms. The second-order valence-corrected chi connectivity index (χ2v) is 5.90. The van der Waals surface area contributed by atoms with Crippen LogP contribution in [0.4, 0.5) is 10.1 Å². The van der Waals surface area contributed by atoms with E-state index < -0.39 is 16.4 Å². The van der Waals surface area contributed by atoms with Crippen molar-refractivity contribution in [3.05, 3.63) is 39.7 Å². The van der Waals surface area contributed by atoms with Crippen LogP contribution in [0, 0.1) is 21.8 Å². The maximum absolute atomic E-state index is 13.6. The predicted molar refractivity (Wildman–Crippen MR) is 80.6 cm³/mol. The third kappa shape index (κ3) is 4.49. The second kappa shape index (κ2) is 7.50. The van der Waals surface area contributed by atoms with Crippen LogP contribution in [-0.2, 0) is 6.54 Å². The zero-order valence-corrected chi connectivity index (χ0v) is 12.6. The monoisotopic (exact) mass is 294 g/mol. The topological polar surface area (TPSA) is 46.4 Å². The Morgan fingerprint density at radius 2 is 2.19 bits per heavy atom. The fraction of sp³-hybridized carbons (Fsp3) is 0.625. The molecule has 0 spiro atoms. The summed E-state index contributed by atoms with van der Waals surface area (Å²) >= 11 is 0. The highest BCUT2D eigenvalue weighted by molar-refractivity contribution is 5.34. The standard InChI is InChI=1S/C16H23FN2O2/c1-2-4-13-5-3-9-18(10-8-13)12-14-6-7-16(19(20)21)15(17)11-14/h6-7,11,13H,2-5,8-10,12H2,1H3. The van der Waals surface area contributed by atoms with Gasteiger partial charge in [0.25, 0.3) is 0 Å². The first-order valence-corrected chi connectivity index (χ1v) is 7.75. The third-order valence-corrected chi connectivity index (χ3v) is 4.25. The smallest absolute Gasteiger partial charge is 0.299 e. The molecular formula is C16H23FN2O2. The number of rotatable bonds is 5. The predicted octanol–water partition coefficient (Wildman–Crippen LogP) is 4.14. The number of halogens is 1. The Balaban J connectivity index is 1.95. The molecule has 1 aliphatic rings. The first-order chi connectivity index (χ1) is 10.1. The molecule has 0 bridgehead atoms. The lowest BCUT2D eigenvalue weighted by atomic mass is 9.96. The summed E-state index contributed by atoms with van der Waals surface area (Å²) in [6, 6.07) is 4.23. The zero-order valence-electron chi connectivity index (χ0n) is 12.6. The average Bonchev–Trinajstić information content (AvgIpc) is 2.65. The van der Waals surface area contributed by atoms with Crippen LogP contribution in [0.1, 0.15) is 44.6 Å². The van der Waals surface area contributed by atoms with E-state index in [9.17, 15) is 14.5 Å². The van der Waals surface area contributed by atoms with Crippen LogP contribution in [0.25, 0.3) is 0 Å². The summed E-state index contributed by atoms with van der Waals surface area (Å²) in [7, 11) is 0. The maximum Gasteiger partial charge on any atom is 0.304 e. The van der Waals surface area contributed by atoms with Crippen LogP contribution in [0.2, 0.25) is 0 Å². The molecule has 1 aromatic rings. The molecule has 0 N–H and O–H groups in total. The van der Waals surface area contributed by atoms with Gasteiger partial charge in [0.15, 0.2) is 0 Å². The molecule has 116 valence electrons. The van der Waals surface area contributed by atoms with Gasteiger partial charge in [-0.1, -0.05) is 25.8 Å². The fourth-order valence-corrected chi connectivity index (χ4v) is 3.13. The SMILES string of the molecule is CCCC1CCCN(Cc2ccc([N+](=O)[O-])c(F)c2)CC1. The molecule has 0 aromatic heterocycles. The maximum atomic E-state index is 13.6. The number of nitrogens with zero attached hydrogens (tertiary/aromatic N) is 2. The first kappa shape index (κ1) is 15.9. The lowest BCUT2D eigenvalue weighted by Gasteiger charge is -2.20. The highest BCUT2D eigenvalue weighted by atomic mass is 19.1. The quantitative estimate of drug-likeness (QED) is 0.605. The van der Waals surface area contributed by atoms with E-state index in [1.54, 1.807) is 6.07 Å². The van der Waals surface area contributed by atoms with Crippen LogP contribution in [0.5, 0.6) is 0 Å². The fourth-order valence-electron chi connectivity index (χ4n) is 3.13. The van der Waals surface area contributed by atoms with E-state index >= 15 is 0 Å². The van der Waals surface area contributed by atoms with Gasteiger partial charge >= 0.3 is 5.69 Å². The summed E-state index contributed by atoms with van der Waals surface area (Å²) in [5, 5.41) is 10.6. The van der Waals surface area contributed by atoms with Crippen molar-refractivity contribution in [2.24, 2.45) is 5.92 Å². The number of nitro benzene ring substituents is 1. The van der Waals surface area contributed by atoms with Crippen LogP contribution >= 0.6 is 0 Å². The highest BCUT2D eigenvalue weighted by Crippen LogP contribution is 2.24. The lowest BCUT2D eigenvalue weighted by Crippen LogP contribution is -2.24. The molecule has 1 atom stereocenters. The summed E-state index contributed by atoms with van der Waals surface area (Å²) in [6.45, 7) is 4.96. The minimum atomic E-state index is -0.740. The van der Waals surface area contributed by atoms with E-state index in [1.165, 1.54) is 44.2 Å². The zero-order chi connectivity index (χ0) is 15.2. The number of likely N-dealkylation sites (tertiary alicyclic amines) is 1. The van der Waals surface area contributed by atoms with Crippen LogP contribution < -0.4 is 0 Å². The summed E-state index contributed by atoms with van der Waals surface area (Å²) in [4.78, 5) is 12.3.